The van der Waals surface area contributed by atoms with Crippen LogP contribution in [0.15, 0.2) is 137 Å². The van der Waals surface area contributed by atoms with Crippen molar-refractivity contribution in [3.8, 4) is 22.5 Å². The van der Waals surface area contributed by atoms with E-state index in [9.17, 15) is 9.90 Å². The van der Waals surface area contributed by atoms with Crippen LogP contribution in [0.1, 0.15) is 15.9 Å². The van der Waals surface area contributed by atoms with Crippen molar-refractivity contribution in [2.75, 3.05) is 5.43 Å². The fraction of sp³-hybridized carbons (Fsp3) is 0. The minimum atomic E-state index is -1.06. The number of nitrogens with one attached hydrogen (secondary N) is 1. The molecule has 38 heavy (non-hydrogen) atoms. The molecule has 1 aromatic heterocycles. The second kappa shape index (κ2) is 11.5. The van der Waals surface area contributed by atoms with Gasteiger partial charge in [-0.3, -0.25) is 5.43 Å². The number of hydrazone groups is 1. The molecule has 0 atom stereocenters. The van der Waals surface area contributed by atoms with Crippen LogP contribution in [0.4, 0.5) is 11.6 Å². The van der Waals surface area contributed by atoms with Crippen molar-refractivity contribution in [1.29, 1.82) is 0 Å². The van der Waals surface area contributed by atoms with Gasteiger partial charge in [-0.05, 0) is 18.2 Å². The summed E-state index contributed by atoms with van der Waals surface area (Å²) in [6.45, 7) is 0. The monoisotopic (exact) mass is 498 g/mol. The Kier molecular flexibility index (Phi) is 7.32. The van der Waals surface area contributed by atoms with Crippen LogP contribution in [0, 0.1) is 0 Å². The summed E-state index contributed by atoms with van der Waals surface area (Å²) >= 11 is 0. The number of nitrogens with zero attached hydrogens (tertiary/aromatic N) is 5. The first-order valence-corrected chi connectivity index (χ1v) is 11.8. The molecule has 0 amide bonds. The van der Waals surface area contributed by atoms with Crippen LogP contribution in [0.3, 0.4) is 0 Å². The molecule has 0 radical (unpaired) electrons. The molecule has 0 unspecified atom stereocenters. The molecule has 0 spiro atoms. The number of carbonyl (C=O) groups is 1. The van der Waals surface area contributed by atoms with Gasteiger partial charge in [0.15, 0.2) is 0 Å². The third-order valence-corrected chi connectivity index (χ3v) is 5.56. The molecule has 8 nitrogen and oxygen atoms in total. The molecule has 0 fully saturated rings. The van der Waals surface area contributed by atoms with Gasteiger partial charge in [-0.25, -0.2) is 14.8 Å². The fourth-order valence-corrected chi connectivity index (χ4v) is 3.70. The number of para-hydroxylation sites is 1. The minimum absolute atomic E-state index is 0.0898. The summed E-state index contributed by atoms with van der Waals surface area (Å²) in [5.74, 6) is -0.661. The summed E-state index contributed by atoms with van der Waals surface area (Å²) in [5.41, 5.74) is 7.18. The van der Waals surface area contributed by atoms with Crippen LogP contribution in [0.2, 0.25) is 0 Å². The molecule has 2 N–H and O–H groups in total. The van der Waals surface area contributed by atoms with Crippen LogP contribution < -0.4 is 5.43 Å². The number of aromatic nitrogens is 2. The van der Waals surface area contributed by atoms with Gasteiger partial charge in [0.25, 0.3) is 5.95 Å². The average Bonchev–Trinajstić information content (AvgIpc) is 2.98. The molecule has 0 aliphatic rings. The lowest BCUT2D eigenvalue weighted by molar-refractivity contribution is 0.0698. The zero-order chi connectivity index (χ0) is 26.2. The second-order valence-corrected chi connectivity index (χ2v) is 8.13. The van der Waals surface area contributed by atoms with Crippen molar-refractivity contribution in [2.24, 2.45) is 15.3 Å². The summed E-state index contributed by atoms with van der Waals surface area (Å²) in [7, 11) is 0. The van der Waals surface area contributed by atoms with Crippen LogP contribution in [0.5, 0.6) is 0 Å². The normalized spacial score (nSPS) is 11.4. The average molecular weight is 499 g/mol. The molecule has 0 aliphatic carbocycles. The zero-order valence-corrected chi connectivity index (χ0v) is 20.1. The number of amidine groups is 1. The van der Waals surface area contributed by atoms with Gasteiger partial charge in [-0.15, -0.1) is 10.2 Å². The van der Waals surface area contributed by atoms with E-state index in [-0.39, 0.29) is 17.3 Å². The number of benzene rings is 4. The Morgan fingerprint density at radius 2 is 1.21 bits per heavy atom. The quantitative estimate of drug-likeness (QED) is 0.108. The lowest BCUT2D eigenvalue weighted by Gasteiger charge is -2.07. The Labute approximate surface area is 219 Å². The van der Waals surface area contributed by atoms with Crippen molar-refractivity contribution in [1.82, 2.24) is 9.97 Å². The van der Waals surface area contributed by atoms with E-state index < -0.39 is 5.97 Å². The summed E-state index contributed by atoms with van der Waals surface area (Å²) in [6.07, 6.45) is 0. The Balaban J connectivity index is 1.55. The molecule has 8 heteroatoms. The third-order valence-electron chi connectivity index (χ3n) is 5.56. The van der Waals surface area contributed by atoms with Gasteiger partial charge < -0.3 is 5.11 Å². The van der Waals surface area contributed by atoms with Crippen LogP contribution in [-0.2, 0) is 0 Å². The number of anilines is 1. The second-order valence-electron chi connectivity index (χ2n) is 8.13. The predicted molar refractivity (Wildman–Crippen MR) is 147 cm³/mol. The first-order chi connectivity index (χ1) is 18.7. The van der Waals surface area contributed by atoms with Crippen molar-refractivity contribution in [2.45, 2.75) is 0 Å². The van der Waals surface area contributed by atoms with Gasteiger partial charge in [0.05, 0.1) is 22.6 Å². The highest BCUT2D eigenvalue weighted by molar-refractivity contribution is 6.00. The van der Waals surface area contributed by atoms with Gasteiger partial charge in [-0.1, -0.05) is 103 Å². The van der Waals surface area contributed by atoms with Crippen LogP contribution in [0.25, 0.3) is 22.5 Å². The van der Waals surface area contributed by atoms with Gasteiger partial charge >= 0.3 is 5.97 Å². The van der Waals surface area contributed by atoms with E-state index in [4.69, 9.17) is 0 Å². The largest absolute Gasteiger partial charge is 0.478 e. The number of hydrogen-bond acceptors (Lipinski definition) is 6. The number of rotatable bonds is 7. The third kappa shape index (κ3) is 5.83. The summed E-state index contributed by atoms with van der Waals surface area (Å²) in [4.78, 5) is 20.8. The van der Waals surface area contributed by atoms with Crippen molar-refractivity contribution in [3.63, 3.8) is 0 Å². The summed E-state index contributed by atoms with van der Waals surface area (Å²) in [5, 5.41) is 22.6. The predicted octanol–water partition coefficient (Wildman–Crippen LogP) is 7.07. The fourth-order valence-electron chi connectivity index (χ4n) is 3.70. The highest BCUT2D eigenvalue weighted by atomic mass is 16.4. The topological polar surface area (TPSA) is 112 Å². The number of carboxylic acids is 1. The van der Waals surface area contributed by atoms with Gasteiger partial charge in [0, 0.05) is 16.7 Å². The first-order valence-electron chi connectivity index (χ1n) is 11.8. The molecule has 1 heterocycles. The Bertz CT molecular complexity index is 1550. The van der Waals surface area contributed by atoms with E-state index in [2.05, 4.69) is 30.7 Å². The number of carboxylic acid groups (broad SMARTS) is 1. The standard InChI is InChI=1S/C30H22N6O2/c37-29(38)24-18-10-11-19-25(24)33-34-28(23-16-8-3-9-17-23)35-36-30-31-26(21-12-4-1-5-13-21)20-27(32-30)22-14-6-2-7-15-22/h1-20,33H,(H,37,38). The molecule has 0 bridgehead atoms. The van der Waals surface area contributed by atoms with E-state index in [1.165, 1.54) is 6.07 Å². The zero-order valence-electron chi connectivity index (χ0n) is 20.1. The van der Waals surface area contributed by atoms with E-state index in [1.807, 2.05) is 97.1 Å². The van der Waals surface area contributed by atoms with Gasteiger partial charge in [-0.2, -0.15) is 5.10 Å². The van der Waals surface area contributed by atoms with Crippen LogP contribution in [-0.4, -0.2) is 26.9 Å². The maximum absolute atomic E-state index is 11.6. The maximum Gasteiger partial charge on any atom is 0.337 e. The Hall–Kier alpha value is -5.50. The van der Waals surface area contributed by atoms with E-state index in [0.29, 0.717) is 22.6 Å². The number of hydrogen-bond donors (Lipinski definition) is 2. The molecule has 4 aromatic carbocycles. The molecular formula is C30H22N6O2. The lowest BCUT2D eigenvalue weighted by atomic mass is 10.1. The van der Waals surface area contributed by atoms with E-state index in [0.717, 1.165) is 11.1 Å². The summed E-state index contributed by atoms with van der Waals surface area (Å²) < 4.78 is 0. The van der Waals surface area contributed by atoms with Crippen molar-refractivity contribution >= 4 is 23.4 Å². The molecule has 5 aromatic rings. The molecular weight excluding hydrogens is 476 g/mol. The highest BCUT2D eigenvalue weighted by Gasteiger charge is 2.11. The molecule has 0 saturated carbocycles. The lowest BCUT2D eigenvalue weighted by Crippen LogP contribution is -2.05. The first kappa shape index (κ1) is 24.2. The SMILES string of the molecule is O=C(O)c1ccccc1NN=C(N=Nc1nc(-c2ccccc2)cc(-c2ccccc2)n1)c1ccccc1. The van der Waals surface area contributed by atoms with Gasteiger partial charge in [0.1, 0.15) is 0 Å². The van der Waals surface area contributed by atoms with E-state index >= 15 is 0 Å². The minimum Gasteiger partial charge on any atom is -0.478 e. The van der Waals surface area contributed by atoms with Crippen molar-refractivity contribution in [3.05, 3.63) is 132 Å². The molecule has 5 rings (SSSR count). The Morgan fingerprint density at radius 1 is 0.684 bits per heavy atom. The van der Waals surface area contributed by atoms with E-state index in [1.54, 1.807) is 18.2 Å². The molecule has 0 aliphatic heterocycles. The van der Waals surface area contributed by atoms with Gasteiger partial charge in [0.2, 0.25) is 5.84 Å². The number of azo groups is 1. The van der Waals surface area contributed by atoms with Crippen molar-refractivity contribution < 1.29 is 9.90 Å². The van der Waals surface area contributed by atoms with Crippen LogP contribution >= 0.6 is 0 Å². The maximum atomic E-state index is 11.6. The molecule has 184 valence electrons. The summed E-state index contributed by atoms with van der Waals surface area (Å²) in [6, 6.07) is 37.2. The smallest absolute Gasteiger partial charge is 0.337 e. The number of aromatic carboxylic acids is 1. The molecule has 0 saturated heterocycles. The highest BCUT2D eigenvalue weighted by Crippen LogP contribution is 2.26. The Morgan fingerprint density at radius 3 is 1.79 bits per heavy atom.